The summed E-state index contributed by atoms with van der Waals surface area (Å²) in [5, 5.41) is 12.4. The first-order valence-electron chi connectivity index (χ1n) is 7.54. The molecule has 21 heavy (non-hydrogen) atoms. The summed E-state index contributed by atoms with van der Waals surface area (Å²) in [6, 6.07) is 0. The summed E-state index contributed by atoms with van der Waals surface area (Å²) < 4.78 is 22.3. The summed E-state index contributed by atoms with van der Waals surface area (Å²) in [5.74, 6) is -1.69. The third-order valence-corrected chi connectivity index (χ3v) is 2.29. The molecule has 0 heterocycles. The van der Waals surface area contributed by atoms with Gasteiger partial charge in [-0.2, -0.15) is 5.11 Å². The van der Waals surface area contributed by atoms with Crippen LogP contribution >= 0.6 is 0 Å². The van der Waals surface area contributed by atoms with Gasteiger partial charge in [-0.1, -0.05) is 13.3 Å². The summed E-state index contributed by atoms with van der Waals surface area (Å²) in [5.41, 5.74) is 0. The van der Waals surface area contributed by atoms with Crippen molar-refractivity contribution in [1.82, 2.24) is 0 Å². The standard InChI is InChI=1S/C15H31O5.Ti/c1-8-9-10-17-15(19-12(4)5,20-13(6)7)14(16)18-11(2)3;/h11-14H,8-10H2,1-7H3;. The van der Waals surface area contributed by atoms with E-state index in [1.807, 2.05) is 27.7 Å². The van der Waals surface area contributed by atoms with Crippen LogP contribution in [0.5, 0.6) is 0 Å². The molecular formula is C15H31O5Ti. The van der Waals surface area contributed by atoms with E-state index >= 15 is 0 Å². The van der Waals surface area contributed by atoms with Crippen molar-refractivity contribution in [3.8, 4) is 0 Å². The van der Waals surface area contributed by atoms with E-state index in [1.165, 1.54) is 0 Å². The Labute approximate surface area is 144 Å². The van der Waals surface area contributed by atoms with Crippen molar-refractivity contribution >= 4 is 0 Å². The normalized spacial score (nSPS) is 13.9. The van der Waals surface area contributed by atoms with Crippen molar-refractivity contribution in [2.24, 2.45) is 0 Å². The molecule has 0 aromatic rings. The molecule has 0 aromatic carbocycles. The largest absolute Gasteiger partial charge is 0.341 e. The Morgan fingerprint density at radius 3 is 1.71 bits per heavy atom. The monoisotopic (exact) mass is 339 g/mol. The zero-order valence-electron chi connectivity index (χ0n) is 14.5. The molecule has 0 saturated heterocycles. The van der Waals surface area contributed by atoms with Crippen molar-refractivity contribution in [3.05, 3.63) is 0 Å². The summed E-state index contributed by atoms with van der Waals surface area (Å²) in [4.78, 5) is 0. The maximum absolute atomic E-state index is 12.4. The van der Waals surface area contributed by atoms with Gasteiger partial charge in [0.2, 0.25) is 0 Å². The Morgan fingerprint density at radius 2 is 1.38 bits per heavy atom. The van der Waals surface area contributed by atoms with E-state index in [0.717, 1.165) is 12.8 Å². The van der Waals surface area contributed by atoms with Gasteiger partial charge in [0.25, 0.3) is 6.29 Å². The SMILES string of the molecule is CCCCOC(OC(C)C)(OC(C)C)C([O])OC(C)C.[Ti]. The minimum Gasteiger partial charge on any atom is -0.341 e. The van der Waals surface area contributed by atoms with Crippen molar-refractivity contribution in [1.29, 1.82) is 0 Å². The van der Waals surface area contributed by atoms with Crippen LogP contribution in [0.25, 0.3) is 0 Å². The third kappa shape index (κ3) is 10.0. The van der Waals surface area contributed by atoms with E-state index in [4.69, 9.17) is 18.9 Å². The zero-order valence-corrected chi connectivity index (χ0v) is 16.0. The fourth-order valence-electron chi connectivity index (χ4n) is 1.62. The second kappa shape index (κ2) is 12.0. The number of rotatable bonds is 11. The molecule has 125 valence electrons. The molecule has 0 amide bonds. The second-order valence-electron chi connectivity index (χ2n) is 5.66. The van der Waals surface area contributed by atoms with Crippen LogP contribution in [0.3, 0.4) is 0 Å². The molecule has 1 radical (unpaired) electrons. The van der Waals surface area contributed by atoms with E-state index in [1.54, 1.807) is 13.8 Å². The quantitative estimate of drug-likeness (QED) is 0.328. The van der Waals surface area contributed by atoms with Gasteiger partial charge in [-0.15, -0.1) is 0 Å². The van der Waals surface area contributed by atoms with Crippen molar-refractivity contribution in [2.45, 2.75) is 91.9 Å². The first kappa shape index (κ1) is 23.8. The fraction of sp³-hybridized carbons (Fsp3) is 1.00. The van der Waals surface area contributed by atoms with Gasteiger partial charge in [0.05, 0.1) is 24.9 Å². The Bertz CT molecular complexity index is 236. The summed E-state index contributed by atoms with van der Waals surface area (Å²) in [6.07, 6.45) is -0.389. The van der Waals surface area contributed by atoms with Crippen molar-refractivity contribution in [3.63, 3.8) is 0 Å². The fourth-order valence-corrected chi connectivity index (χ4v) is 1.62. The zero-order chi connectivity index (χ0) is 15.8. The van der Waals surface area contributed by atoms with Gasteiger partial charge < -0.3 is 18.9 Å². The van der Waals surface area contributed by atoms with Gasteiger partial charge in [-0.3, -0.25) is 0 Å². The second-order valence-corrected chi connectivity index (χ2v) is 5.66. The predicted molar refractivity (Wildman–Crippen MR) is 76.7 cm³/mol. The molecule has 0 aliphatic rings. The summed E-state index contributed by atoms with van der Waals surface area (Å²) >= 11 is 0. The molecule has 0 bridgehead atoms. The number of ether oxygens (including phenoxy) is 4. The average Bonchev–Trinajstić information content (AvgIpc) is 2.26. The molecule has 5 nitrogen and oxygen atoms in total. The average molecular weight is 339 g/mol. The van der Waals surface area contributed by atoms with Gasteiger partial charge in [0.1, 0.15) is 0 Å². The van der Waals surface area contributed by atoms with Crippen LogP contribution in [0.4, 0.5) is 0 Å². The van der Waals surface area contributed by atoms with E-state index in [-0.39, 0.29) is 40.0 Å². The smallest absolute Gasteiger partial charge is 0.341 e. The molecule has 0 rings (SSSR count). The number of unbranched alkanes of at least 4 members (excludes halogenated alkanes) is 1. The molecule has 0 fully saturated rings. The third-order valence-electron chi connectivity index (χ3n) is 2.29. The van der Waals surface area contributed by atoms with E-state index in [9.17, 15) is 5.11 Å². The number of hydrogen-bond donors (Lipinski definition) is 0. The van der Waals surface area contributed by atoms with Gasteiger partial charge >= 0.3 is 5.97 Å². The minimum atomic E-state index is -1.69. The summed E-state index contributed by atoms with van der Waals surface area (Å²) in [6.45, 7) is 13.4. The van der Waals surface area contributed by atoms with Gasteiger partial charge in [0.15, 0.2) is 0 Å². The first-order valence-corrected chi connectivity index (χ1v) is 7.54. The van der Waals surface area contributed by atoms with E-state index in [2.05, 4.69) is 6.92 Å². The summed E-state index contributed by atoms with van der Waals surface area (Å²) in [7, 11) is 0. The van der Waals surface area contributed by atoms with Crippen LogP contribution in [0.2, 0.25) is 0 Å². The van der Waals surface area contributed by atoms with Crippen LogP contribution in [-0.4, -0.2) is 37.2 Å². The molecule has 0 saturated carbocycles. The molecule has 0 spiro atoms. The number of hydrogen-bond acceptors (Lipinski definition) is 4. The maximum Gasteiger partial charge on any atom is 0.341 e. The molecule has 1 atom stereocenters. The molecule has 0 N–H and O–H groups in total. The van der Waals surface area contributed by atoms with E-state index < -0.39 is 12.3 Å². The van der Waals surface area contributed by atoms with Gasteiger partial charge in [-0.05, 0) is 48.0 Å². The molecular weight excluding hydrogens is 308 g/mol. The molecule has 6 heteroatoms. The topological polar surface area (TPSA) is 56.8 Å². The van der Waals surface area contributed by atoms with Crippen LogP contribution in [0, 0.1) is 0 Å². The maximum atomic E-state index is 12.4. The van der Waals surface area contributed by atoms with Crippen LogP contribution in [-0.2, 0) is 45.8 Å². The van der Waals surface area contributed by atoms with Crippen LogP contribution < -0.4 is 0 Å². The molecule has 0 aromatic heterocycles. The molecule has 0 aliphatic carbocycles. The van der Waals surface area contributed by atoms with Crippen molar-refractivity contribution < 1.29 is 45.8 Å². The minimum absolute atomic E-state index is 0. The Hall–Kier alpha value is 0.514. The Morgan fingerprint density at radius 1 is 0.905 bits per heavy atom. The first-order chi connectivity index (χ1) is 9.23. The predicted octanol–water partition coefficient (Wildman–Crippen LogP) is 3.49. The van der Waals surface area contributed by atoms with Crippen LogP contribution in [0.1, 0.15) is 61.3 Å². The molecule has 0 aliphatic heterocycles. The van der Waals surface area contributed by atoms with E-state index in [0.29, 0.717) is 6.61 Å². The Kier molecular flexibility index (Phi) is 13.6. The Balaban J connectivity index is 0. The molecule has 1 unspecified atom stereocenters. The van der Waals surface area contributed by atoms with Gasteiger partial charge in [0, 0.05) is 21.7 Å². The van der Waals surface area contributed by atoms with Crippen LogP contribution in [0.15, 0.2) is 0 Å². The van der Waals surface area contributed by atoms with Crippen molar-refractivity contribution in [2.75, 3.05) is 6.61 Å². The van der Waals surface area contributed by atoms with Gasteiger partial charge in [-0.25, -0.2) is 0 Å².